The van der Waals surface area contributed by atoms with Crippen molar-refractivity contribution in [3.8, 4) is 5.75 Å². The van der Waals surface area contributed by atoms with Crippen LogP contribution in [0.2, 0.25) is 5.02 Å². The third-order valence-electron chi connectivity index (χ3n) is 7.12. The number of aromatic nitrogens is 2. The molecule has 0 unspecified atom stereocenters. The van der Waals surface area contributed by atoms with Crippen LogP contribution in [0.1, 0.15) is 24.2 Å². The maximum Gasteiger partial charge on any atom is 0.225 e. The van der Waals surface area contributed by atoms with Gasteiger partial charge in [0.2, 0.25) is 5.91 Å². The van der Waals surface area contributed by atoms with Crippen LogP contribution in [0.3, 0.4) is 0 Å². The van der Waals surface area contributed by atoms with Gasteiger partial charge in [-0.3, -0.25) is 4.79 Å². The number of nitrogens with zero attached hydrogens (tertiary/aromatic N) is 4. The number of hydrogen-bond donors (Lipinski definition) is 0. The number of carbonyl (C=O) groups excluding carboxylic acids is 1. The van der Waals surface area contributed by atoms with Crippen LogP contribution in [0.25, 0.3) is 11.0 Å². The van der Waals surface area contributed by atoms with Crippen molar-refractivity contribution in [2.45, 2.75) is 26.0 Å². The lowest BCUT2D eigenvalue weighted by Gasteiger charge is -2.36. The van der Waals surface area contributed by atoms with Crippen molar-refractivity contribution in [3.63, 3.8) is 0 Å². The smallest absolute Gasteiger partial charge is 0.225 e. The van der Waals surface area contributed by atoms with E-state index >= 15 is 4.39 Å². The Morgan fingerprint density at radius 2 is 1.73 bits per heavy atom. The fourth-order valence-corrected chi connectivity index (χ4v) is 5.03. The number of rotatable bonds is 7. The molecule has 1 saturated carbocycles. The molecule has 0 bridgehead atoms. The number of amides is 1. The van der Waals surface area contributed by atoms with E-state index in [-0.39, 0.29) is 24.2 Å². The van der Waals surface area contributed by atoms with Crippen LogP contribution in [0.5, 0.6) is 5.75 Å². The fraction of sp³-hybridized carbons (Fsp3) is 0.310. The molecule has 1 amide bonds. The molecule has 2 heterocycles. The number of para-hydroxylation sites is 1. The summed E-state index contributed by atoms with van der Waals surface area (Å²) < 4.78 is 23.4. The van der Waals surface area contributed by atoms with Crippen molar-refractivity contribution in [3.05, 3.63) is 89.0 Å². The van der Waals surface area contributed by atoms with Gasteiger partial charge >= 0.3 is 0 Å². The Hall–Kier alpha value is -3.58. The number of fused-ring (bicyclic) bond motifs is 1. The van der Waals surface area contributed by atoms with Crippen molar-refractivity contribution in [2.24, 2.45) is 5.92 Å². The number of carbonyl (C=O) groups is 1. The van der Waals surface area contributed by atoms with Gasteiger partial charge in [-0.05, 0) is 48.7 Å². The Labute approximate surface area is 220 Å². The molecule has 0 spiro atoms. The van der Waals surface area contributed by atoms with Gasteiger partial charge in [-0.1, -0.05) is 41.9 Å². The number of imidazole rings is 1. The van der Waals surface area contributed by atoms with Gasteiger partial charge in [0.05, 0.1) is 16.7 Å². The number of piperazine rings is 1. The molecule has 1 aromatic heterocycles. The first kappa shape index (κ1) is 23.8. The Bertz CT molecular complexity index is 1410. The summed E-state index contributed by atoms with van der Waals surface area (Å²) in [6.07, 6.45) is 2.00. The summed E-state index contributed by atoms with van der Waals surface area (Å²) in [5.74, 6) is 1.61. The van der Waals surface area contributed by atoms with Gasteiger partial charge in [-0.25, -0.2) is 9.37 Å². The van der Waals surface area contributed by atoms with E-state index in [4.69, 9.17) is 21.3 Å². The number of hydrogen-bond acceptors (Lipinski definition) is 4. The lowest BCUT2D eigenvalue weighted by atomic mass is 10.2. The summed E-state index contributed by atoms with van der Waals surface area (Å²) in [5, 5.41) is 0.676. The topological polar surface area (TPSA) is 50.6 Å². The number of benzene rings is 3. The Kier molecular flexibility index (Phi) is 6.47. The van der Waals surface area contributed by atoms with Crippen LogP contribution in [0, 0.1) is 11.7 Å². The van der Waals surface area contributed by atoms with E-state index in [1.807, 2.05) is 70.5 Å². The van der Waals surface area contributed by atoms with Crippen LogP contribution in [0.15, 0.2) is 66.7 Å². The van der Waals surface area contributed by atoms with Gasteiger partial charge in [0.1, 0.15) is 24.0 Å². The van der Waals surface area contributed by atoms with Crippen LogP contribution >= 0.6 is 11.6 Å². The van der Waals surface area contributed by atoms with Crippen LogP contribution in [-0.4, -0.2) is 46.5 Å². The molecular formula is C29H28ClFN4O2. The van der Waals surface area contributed by atoms with Gasteiger partial charge in [0.25, 0.3) is 0 Å². The second-order valence-corrected chi connectivity index (χ2v) is 10.2. The first-order valence-corrected chi connectivity index (χ1v) is 13.1. The van der Waals surface area contributed by atoms with Crippen molar-refractivity contribution in [2.75, 3.05) is 31.1 Å². The molecule has 1 saturated heterocycles. The molecule has 6 rings (SSSR count). The predicted octanol–water partition coefficient (Wildman–Crippen LogP) is 5.51. The predicted molar refractivity (Wildman–Crippen MR) is 143 cm³/mol. The molecule has 37 heavy (non-hydrogen) atoms. The molecule has 2 aliphatic rings. The minimum Gasteiger partial charge on any atom is -0.486 e. The molecular weight excluding hydrogens is 491 g/mol. The van der Waals surface area contributed by atoms with Gasteiger partial charge < -0.3 is 19.1 Å². The van der Waals surface area contributed by atoms with Gasteiger partial charge in [-0.2, -0.15) is 0 Å². The molecule has 0 N–H and O–H groups in total. The summed E-state index contributed by atoms with van der Waals surface area (Å²) in [6.45, 7) is 3.26. The first-order valence-electron chi connectivity index (χ1n) is 12.7. The highest BCUT2D eigenvalue weighted by molar-refractivity contribution is 6.30. The van der Waals surface area contributed by atoms with E-state index in [2.05, 4.69) is 4.57 Å². The molecule has 4 aromatic rings. The van der Waals surface area contributed by atoms with E-state index in [1.54, 1.807) is 0 Å². The van der Waals surface area contributed by atoms with Gasteiger partial charge in [-0.15, -0.1) is 0 Å². The molecule has 0 radical (unpaired) electrons. The minimum absolute atomic E-state index is 0.207. The molecule has 6 nitrogen and oxygen atoms in total. The highest BCUT2D eigenvalue weighted by Gasteiger charge is 2.35. The van der Waals surface area contributed by atoms with E-state index in [0.29, 0.717) is 54.8 Å². The molecule has 1 aliphatic carbocycles. The van der Waals surface area contributed by atoms with Gasteiger partial charge in [0, 0.05) is 49.7 Å². The summed E-state index contributed by atoms with van der Waals surface area (Å²) in [5.41, 5.74) is 3.03. The average molecular weight is 519 g/mol. The van der Waals surface area contributed by atoms with E-state index in [9.17, 15) is 4.79 Å². The monoisotopic (exact) mass is 518 g/mol. The Morgan fingerprint density at radius 3 is 2.43 bits per heavy atom. The van der Waals surface area contributed by atoms with Gasteiger partial charge in [0.15, 0.2) is 0 Å². The molecule has 3 aromatic carbocycles. The third kappa shape index (κ3) is 5.14. The summed E-state index contributed by atoms with van der Waals surface area (Å²) in [4.78, 5) is 21.2. The highest BCUT2D eigenvalue weighted by Crippen LogP contribution is 2.33. The third-order valence-corrected chi connectivity index (χ3v) is 7.37. The van der Waals surface area contributed by atoms with Crippen molar-refractivity contribution in [1.29, 1.82) is 0 Å². The quantitative estimate of drug-likeness (QED) is 0.323. The van der Waals surface area contributed by atoms with E-state index < -0.39 is 0 Å². The van der Waals surface area contributed by atoms with E-state index in [0.717, 1.165) is 29.7 Å². The average Bonchev–Trinajstić information content (AvgIpc) is 3.72. The molecule has 2 fully saturated rings. The van der Waals surface area contributed by atoms with Crippen molar-refractivity contribution in [1.82, 2.24) is 14.5 Å². The fourth-order valence-electron chi connectivity index (χ4n) is 4.91. The lowest BCUT2D eigenvalue weighted by Crippen LogP contribution is -2.49. The summed E-state index contributed by atoms with van der Waals surface area (Å²) in [6, 6.07) is 20.7. The van der Waals surface area contributed by atoms with Crippen LogP contribution < -0.4 is 9.64 Å². The highest BCUT2D eigenvalue weighted by atomic mass is 35.5. The van der Waals surface area contributed by atoms with Crippen molar-refractivity contribution >= 4 is 34.2 Å². The normalized spacial score (nSPS) is 15.8. The van der Waals surface area contributed by atoms with Crippen molar-refractivity contribution < 1.29 is 13.9 Å². The zero-order valence-electron chi connectivity index (χ0n) is 20.4. The zero-order chi connectivity index (χ0) is 25.4. The van der Waals surface area contributed by atoms with Crippen LogP contribution in [-0.2, 0) is 17.9 Å². The maximum absolute atomic E-state index is 15.3. The summed E-state index contributed by atoms with van der Waals surface area (Å²) >= 11 is 6.10. The number of ether oxygens (including phenoxy) is 1. The molecule has 1 aliphatic heterocycles. The largest absolute Gasteiger partial charge is 0.486 e. The second-order valence-electron chi connectivity index (χ2n) is 9.72. The molecule has 8 heteroatoms. The standard InChI is InChI=1S/C29H28ClFN4O2/c30-22-10-6-20(7-11-22)18-35-27-17-26(33-12-14-34(15-13-33)29(36)21-8-9-21)24(31)16-25(27)32-28(35)19-37-23-4-2-1-3-5-23/h1-7,10-11,16-17,21H,8-9,12-15,18-19H2. The SMILES string of the molecule is O=C(C1CC1)N1CCN(c2cc3c(cc2F)nc(COc2ccccc2)n3Cc2ccc(Cl)cc2)CC1. The lowest BCUT2D eigenvalue weighted by molar-refractivity contribution is -0.132. The second kappa shape index (κ2) is 10.1. The molecule has 0 atom stereocenters. The Morgan fingerprint density at radius 1 is 1.00 bits per heavy atom. The minimum atomic E-state index is -0.304. The zero-order valence-corrected chi connectivity index (χ0v) is 21.2. The Balaban J connectivity index is 1.31. The van der Waals surface area contributed by atoms with E-state index in [1.165, 1.54) is 6.07 Å². The number of anilines is 1. The number of halogens is 2. The molecule has 190 valence electrons. The van der Waals surface area contributed by atoms with Crippen LogP contribution in [0.4, 0.5) is 10.1 Å². The summed E-state index contributed by atoms with van der Waals surface area (Å²) in [7, 11) is 0. The maximum atomic E-state index is 15.3. The first-order chi connectivity index (χ1) is 18.0.